The summed E-state index contributed by atoms with van der Waals surface area (Å²) < 4.78 is 0. The molecule has 0 atom stereocenters. The zero-order valence-electron chi connectivity index (χ0n) is 14.8. The van der Waals surface area contributed by atoms with Crippen LogP contribution in [0, 0.1) is 6.92 Å². The summed E-state index contributed by atoms with van der Waals surface area (Å²) >= 11 is 1.58. The summed E-state index contributed by atoms with van der Waals surface area (Å²) in [4.78, 5) is 30.2. The third-order valence-electron chi connectivity index (χ3n) is 4.23. The second-order valence-corrected chi connectivity index (χ2v) is 7.77. The Morgan fingerprint density at radius 3 is 2.80 bits per heavy atom. The van der Waals surface area contributed by atoms with Crippen LogP contribution in [0.1, 0.15) is 25.7 Å². The highest BCUT2D eigenvalue weighted by Crippen LogP contribution is 2.28. The molecular weight excluding hydrogens is 334 g/mol. The number of carbonyl (C=O) groups is 2. The molecule has 25 heavy (non-hydrogen) atoms. The molecule has 0 bridgehead atoms. The van der Waals surface area contributed by atoms with Crippen molar-refractivity contribution in [2.24, 2.45) is 0 Å². The van der Waals surface area contributed by atoms with Crippen LogP contribution < -0.4 is 5.32 Å². The summed E-state index contributed by atoms with van der Waals surface area (Å²) in [6, 6.07) is 9.78. The van der Waals surface area contributed by atoms with Crippen LogP contribution in [0.5, 0.6) is 0 Å². The van der Waals surface area contributed by atoms with Crippen molar-refractivity contribution in [2.75, 3.05) is 32.5 Å². The molecule has 1 aromatic carbocycles. The van der Waals surface area contributed by atoms with Crippen LogP contribution in [0.15, 0.2) is 30.3 Å². The zero-order valence-corrected chi connectivity index (χ0v) is 15.7. The molecule has 0 saturated carbocycles. The van der Waals surface area contributed by atoms with Gasteiger partial charge in [-0.2, -0.15) is 0 Å². The van der Waals surface area contributed by atoms with Crippen molar-refractivity contribution in [3.63, 3.8) is 0 Å². The molecule has 1 aromatic heterocycles. The molecule has 1 N–H and O–H groups in total. The average Bonchev–Trinajstić information content (AvgIpc) is 2.97. The van der Waals surface area contributed by atoms with Crippen LogP contribution >= 0.6 is 11.3 Å². The summed E-state index contributed by atoms with van der Waals surface area (Å²) in [6.07, 6.45) is 0.887. The van der Waals surface area contributed by atoms with E-state index in [0.29, 0.717) is 13.1 Å². The maximum absolute atomic E-state index is 12.3. The Morgan fingerprint density at radius 1 is 1.28 bits per heavy atom. The number of anilines is 1. The highest BCUT2D eigenvalue weighted by Gasteiger charge is 2.23. The van der Waals surface area contributed by atoms with Crippen molar-refractivity contribution in [2.45, 2.75) is 19.9 Å². The number of fused-ring (bicyclic) bond motifs is 1. The van der Waals surface area contributed by atoms with Gasteiger partial charge in [-0.1, -0.05) is 12.1 Å². The minimum atomic E-state index is -0.00568. The molecule has 0 saturated heterocycles. The molecule has 2 aromatic rings. The van der Waals surface area contributed by atoms with Crippen LogP contribution in [0.25, 0.3) is 0 Å². The van der Waals surface area contributed by atoms with E-state index in [-0.39, 0.29) is 11.8 Å². The molecule has 1 aliphatic heterocycles. The minimum Gasteiger partial charge on any atom is -0.344 e. The van der Waals surface area contributed by atoms with Crippen molar-refractivity contribution in [3.05, 3.63) is 51.2 Å². The fourth-order valence-electron chi connectivity index (χ4n) is 2.98. The average molecular weight is 357 g/mol. The molecule has 0 fully saturated rings. The van der Waals surface area contributed by atoms with Crippen molar-refractivity contribution in [1.82, 2.24) is 9.80 Å². The Morgan fingerprint density at radius 2 is 2.08 bits per heavy atom. The van der Waals surface area contributed by atoms with Crippen molar-refractivity contribution in [3.8, 4) is 0 Å². The second-order valence-electron chi connectivity index (χ2n) is 6.64. The van der Waals surface area contributed by atoms with Crippen molar-refractivity contribution >= 4 is 28.8 Å². The highest BCUT2D eigenvalue weighted by atomic mass is 32.1. The summed E-state index contributed by atoms with van der Waals surface area (Å²) in [5, 5.41) is 2.95. The molecular formula is C19H23N3O2S. The van der Waals surface area contributed by atoms with Gasteiger partial charge >= 0.3 is 0 Å². The Balaban J connectivity index is 1.61. The first-order valence-electron chi connectivity index (χ1n) is 8.34. The van der Waals surface area contributed by atoms with Gasteiger partial charge in [-0.15, -0.1) is 11.3 Å². The normalized spacial score (nSPS) is 14.0. The molecule has 0 spiro atoms. The lowest BCUT2D eigenvalue weighted by Gasteiger charge is -2.26. The number of nitrogens with one attached hydrogen (secondary N) is 1. The third kappa shape index (κ3) is 4.27. The van der Waals surface area contributed by atoms with Gasteiger partial charge in [0.1, 0.15) is 0 Å². The number of hydrogen-bond acceptors (Lipinski definition) is 4. The lowest BCUT2D eigenvalue weighted by atomic mass is 10.1. The number of aryl methyl sites for hydroxylation is 1. The lowest BCUT2D eigenvalue weighted by molar-refractivity contribution is -0.117. The largest absolute Gasteiger partial charge is 0.344 e. The SMILES string of the molecule is Cc1cccc(NC(=O)CN2CCc3sc(C(=O)N(C)C)cc3C2)c1. The van der Waals surface area contributed by atoms with Gasteiger partial charge in [0.25, 0.3) is 5.91 Å². The fraction of sp³-hybridized carbons (Fsp3) is 0.368. The van der Waals surface area contributed by atoms with Crippen LogP contribution in [0.2, 0.25) is 0 Å². The number of benzene rings is 1. The number of thiophene rings is 1. The first kappa shape index (κ1) is 17.6. The molecule has 6 heteroatoms. The Labute approximate surface area is 152 Å². The van der Waals surface area contributed by atoms with Gasteiger partial charge in [-0.25, -0.2) is 0 Å². The topological polar surface area (TPSA) is 52.7 Å². The minimum absolute atomic E-state index is 0.00568. The zero-order chi connectivity index (χ0) is 18.0. The van der Waals surface area contributed by atoms with Crippen LogP contribution in [-0.4, -0.2) is 48.8 Å². The van der Waals surface area contributed by atoms with Gasteiger partial charge in [0.2, 0.25) is 5.91 Å². The quantitative estimate of drug-likeness (QED) is 0.915. The standard InChI is InChI=1S/C19H23N3O2S/c1-13-5-4-6-15(9-13)20-18(23)12-22-8-7-16-14(11-22)10-17(25-16)19(24)21(2)3/h4-6,9-10H,7-8,11-12H2,1-3H3,(H,20,23). The van der Waals surface area contributed by atoms with E-state index in [1.807, 2.05) is 37.3 Å². The molecule has 1 aliphatic rings. The van der Waals surface area contributed by atoms with Gasteiger partial charge in [-0.05, 0) is 42.7 Å². The first-order chi connectivity index (χ1) is 11.9. The van der Waals surface area contributed by atoms with Gasteiger partial charge < -0.3 is 10.2 Å². The van der Waals surface area contributed by atoms with E-state index in [2.05, 4.69) is 10.2 Å². The molecule has 0 unspecified atom stereocenters. The highest BCUT2D eigenvalue weighted by molar-refractivity contribution is 7.14. The lowest BCUT2D eigenvalue weighted by Crippen LogP contribution is -2.36. The van der Waals surface area contributed by atoms with E-state index < -0.39 is 0 Å². The molecule has 5 nitrogen and oxygen atoms in total. The summed E-state index contributed by atoms with van der Waals surface area (Å²) in [7, 11) is 3.53. The number of carbonyl (C=O) groups excluding carboxylic acids is 2. The summed E-state index contributed by atoms with van der Waals surface area (Å²) in [5.74, 6) is 0.0389. The van der Waals surface area contributed by atoms with E-state index in [1.165, 1.54) is 10.4 Å². The molecule has 2 amide bonds. The van der Waals surface area contributed by atoms with Crippen molar-refractivity contribution < 1.29 is 9.59 Å². The van der Waals surface area contributed by atoms with E-state index in [4.69, 9.17) is 0 Å². The maximum Gasteiger partial charge on any atom is 0.263 e. The first-order valence-corrected chi connectivity index (χ1v) is 9.16. The predicted molar refractivity (Wildman–Crippen MR) is 101 cm³/mol. The van der Waals surface area contributed by atoms with E-state index >= 15 is 0 Å². The number of nitrogens with zero attached hydrogens (tertiary/aromatic N) is 2. The Hall–Kier alpha value is -2.18. The molecule has 2 heterocycles. The summed E-state index contributed by atoms with van der Waals surface area (Å²) in [6.45, 7) is 3.92. The predicted octanol–water partition coefficient (Wildman–Crippen LogP) is 2.76. The molecule has 132 valence electrons. The van der Waals surface area contributed by atoms with Crippen LogP contribution in [0.3, 0.4) is 0 Å². The Kier molecular flexibility index (Phi) is 5.20. The fourth-order valence-corrected chi connectivity index (χ4v) is 4.16. The van der Waals surface area contributed by atoms with Gasteiger partial charge in [0.15, 0.2) is 0 Å². The smallest absolute Gasteiger partial charge is 0.263 e. The third-order valence-corrected chi connectivity index (χ3v) is 5.46. The van der Waals surface area contributed by atoms with Crippen molar-refractivity contribution in [1.29, 1.82) is 0 Å². The van der Waals surface area contributed by atoms with Gasteiger partial charge in [0, 0.05) is 37.7 Å². The van der Waals surface area contributed by atoms with Gasteiger partial charge in [-0.3, -0.25) is 14.5 Å². The maximum atomic E-state index is 12.3. The monoisotopic (exact) mass is 357 g/mol. The number of rotatable bonds is 4. The molecule has 0 aliphatic carbocycles. The Bertz CT molecular complexity index is 798. The second kappa shape index (κ2) is 7.37. The number of amides is 2. The molecule has 3 rings (SSSR count). The van der Waals surface area contributed by atoms with Crippen LogP contribution in [-0.2, 0) is 17.8 Å². The van der Waals surface area contributed by atoms with Gasteiger partial charge in [0.05, 0.1) is 11.4 Å². The number of hydrogen-bond donors (Lipinski definition) is 1. The van der Waals surface area contributed by atoms with E-state index in [1.54, 1.807) is 30.3 Å². The van der Waals surface area contributed by atoms with E-state index in [9.17, 15) is 9.59 Å². The van der Waals surface area contributed by atoms with Crippen LogP contribution in [0.4, 0.5) is 5.69 Å². The molecule has 0 radical (unpaired) electrons. The van der Waals surface area contributed by atoms with E-state index in [0.717, 1.165) is 29.1 Å². The summed E-state index contributed by atoms with van der Waals surface area (Å²) in [5.41, 5.74) is 3.12.